The summed E-state index contributed by atoms with van der Waals surface area (Å²) < 4.78 is 5.76. The Bertz CT molecular complexity index is 719. The number of nitrogens with zero attached hydrogens (tertiary/aromatic N) is 5. The van der Waals surface area contributed by atoms with Crippen LogP contribution in [0.3, 0.4) is 0 Å². The van der Waals surface area contributed by atoms with E-state index in [0.717, 1.165) is 43.9 Å². The number of aromatic nitrogens is 3. The van der Waals surface area contributed by atoms with Crippen LogP contribution in [0.1, 0.15) is 31.0 Å². The number of hydrogen-bond acceptors (Lipinski definition) is 6. The number of pyridine rings is 1. The van der Waals surface area contributed by atoms with Crippen LogP contribution in [0.5, 0.6) is 5.88 Å². The average Bonchev–Trinajstić information content (AvgIpc) is 2.67. The minimum atomic E-state index is 0.501. The first kappa shape index (κ1) is 16.2. The van der Waals surface area contributed by atoms with Gasteiger partial charge < -0.3 is 9.64 Å². The molecule has 1 saturated heterocycles. The molecule has 0 radical (unpaired) electrons. The Morgan fingerprint density at radius 2 is 2.08 bits per heavy atom. The third-order valence-electron chi connectivity index (χ3n) is 4.34. The van der Waals surface area contributed by atoms with Gasteiger partial charge in [-0.3, -0.25) is 0 Å². The summed E-state index contributed by atoms with van der Waals surface area (Å²) in [4.78, 5) is 15.1. The highest BCUT2D eigenvalue weighted by Gasteiger charge is 2.21. The van der Waals surface area contributed by atoms with Crippen molar-refractivity contribution in [2.75, 3.05) is 24.6 Å². The summed E-state index contributed by atoms with van der Waals surface area (Å²) in [5.41, 5.74) is 1.65. The Kier molecular flexibility index (Phi) is 5.22. The lowest BCUT2D eigenvalue weighted by molar-refractivity contribution is 0.216. The smallest absolute Gasteiger partial charge is 0.214 e. The minimum Gasteiger partial charge on any atom is -0.477 e. The van der Waals surface area contributed by atoms with E-state index < -0.39 is 0 Å². The predicted octanol–water partition coefficient (Wildman–Crippen LogP) is 2.60. The van der Waals surface area contributed by atoms with E-state index in [9.17, 15) is 0 Å². The number of anilines is 1. The van der Waals surface area contributed by atoms with E-state index in [1.54, 1.807) is 24.7 Å². The summed E-state index contributed by atoms with van der Waals surface area (Å²) >= 11 is 0. The number of piperidine rings is 1. The van der Waals surface area contributed by atoms with E-state index in [4.69, 9.17) is 10.00 Å². The maximum atomic E-state index is 8.90. The second kappa shape index (κ2) is 7.73. The second-order valence-electron chi connectivity index (χ2n) is 5.96. The van der Waals surface area contributed by atoms with Crippen molar-refractivity contribution in [2.45, 2.75) is 26.2 Å². The molecule has 0 atom stereocenters. The molecule has 2 aromatic rings. The summed E-state index contributed by atoms with van der Waals surface area (Å²) in [6, 6.07) is 7.54. The van der Waals surface area contributed by atoms with E-state index in [0.29, 0.717) is 24.0 Å². The summed E-state index contributed by atoms with van der Waals surface area (Å²) in [5, 5.41) is 8.90. The van der Waals surface area contributed by atoms with Gasteiger partial charge in [0.05, 0.1) is 18.2 Å². The molecule has 6 heteroatoms. The van der Waals surface area contributed by atoms with Crippen molar-refractivity contribution in [2.24, 2.45) is 5.92 Å². The van der Waals surface area contributed by atoms with Gasteiger partial charge in [0, 0.05) is 37.1 Å². The molecule has 2 aromatic heterocycles. The highest BCUT2D eigenvalue weighted by atomic mass is 16.5. The van der Waals surface area contributed by atoms with Crippen LogP contribution < -0.4 is 9.64 Å². The van der Waals surface area contributed by atoms with E-state index in [1.807, 2.05) is 0 Å². The fourth-order valence-electron chi connectivity index (χ4n) is 2.84. The molecule has 1 aliphatic rings. The van der Waals surface area contributed by atoms with E-state index >= 15 is 0 Å². The zero-order valence-corrected chi connectivity index (χ0v) is 13.9. The molecule has 0 spiro atoms. The van der Waals surface area contributed by atoms with Crippen LogP contribution in [0.4, 0.5) is 5.82 Å². The average molecular weight is 323 g/mol. The summed E-state index contributed by atoms with van der Waals surface area (Å²) in [6.07, 6.45) is 6.30. The van der Waals surface area contributed by atoms with Gasteiger partial charge in [0.2, 0.25) is 5.88 Å². The predicted molar refractivity (Wildman–Crippen MR) is 90.8 cm³/mol. The van der Waals surface area contributed by atoms with Gasteiger partial charge in [-0.1, -0.05) is 6.92 Å². The van der Waals surface area contributed by atoms with Gasteiger partial charge in [0.25, 0.3) is 0 Å². The highest BCUT2D eigenvalue weighted by molar-refractivity contribution is 5.39. The maximum absolute atomic E-state index is 8.90. The molecule has 0 aliphatic carbocycles. The second-order valence-corrected chi connectivity index (χ2v) is 5.96. The van der Waals surface area contributed by atoms with Gasteiger partial charge >= 0.3 is 0 Å². The fraction of sp³-hybridized carbons (Fsp3) is 0.444. The van der Waals surface area contributed by atoms with Crippen molar-refractivity contribution < 1.29 is 4.74 Å². The lowest BCUT2D eigenvalue weighted by atomic mass is 9.98. The number of ether oxygens (including phenoxy) is 1. The van der Waals surface area contributed by atoms with Crippen molar-refractivity contribution in [1.82, 2.24) is 15.0 Å². The number of hydrogen-bond donors (Lipinski definition) is 0. The van der Waals surface area contributed by atoms with Crippen LogP contribution in [0.2, 0.25) is 0 Å². The Labute approximate surface area is 142 Å². The van der Waals surface area contributed by atoms with E-state index in [2.05, 4.69) is 38.9 Å². The van der Waals surface area contributed by atoms with Gasteiger partial charge in [-0.15, -0.1) is 0 Å². The largest absolute Gasteiger partial charge is 0.477 e. The normalized spacial score (nSPS) is 15.1. The van der Waals surface area contributed by atoms with Crippen LogP contribution in [0.15, 0.2) is 30.7 Å². The molecule has 6 nitrogen and oxygen atoms in total. The lowest BCUT2D eigenvalue weighted by Crippen LogP contribution is -2.36. The van der Waals surface area contributed by atoms with Crippen LogP contribution in [-0.2, 0) is 6.42 Å². The van der Waals surface area contributed by atoms with Crippen LogP contribution in [-0.4, -0.2) is 34.6 Å². The van der Waals surface area contributed by atoms with Crippen LogP contribution >= 0.6 is 0 Å². The molecule has 1 aliphatic heterocycles. The quantitative estimate of drug-likeness (QED) is 0.842. The van der Waals surface area contributed by atoms with Crippen LogP contribution in [0.25, 0.3) is 0 Å². The number of aryl methyl sites for hydroxylation is 1. The molecule has 3 rings (SSSR count). The van der Waals surface area contributed by atoms with Crippen molar-refractivity contribution in [1.29, 1.82) is 5.26 Å². The highest BCUT2D eigenvalue weighted by Crippen LogP contribution is 2.23. The molecular weight excluding hydrogens is 302 g/mol. The first-order valence-electron chi connectivity index (χ1n) is 8.33. The molecule has 0 unspecified atom stereocenters. The van der Waals surface area contributed by atoms with E-state index in [-0.39, 0.29) is 0 Å². The Hall–Kier alpha value is -2.68. The van der Waals surface area contributed by atoms with E-state index in [1.165, 1.54) is 0 Å². The topological polar surface area (TPSA) is 74.9 Å². The zero-order valence-electron chi connectivity index (χ0n) is 13.9. The molecule has 0 aromatic carbocycles. The zero-order chi connectivity index (χ0) is 16.8. The third kappa shape index (κ3) is 3.99. The van der Waals surface area contributed by atoms with Crippen molar-refractivity contribution in [3.63, 3.8) is 0 Å². The molecule has 0 amide bonds. The fourth-order valence-corrected chi connectivity index (χ4v) is 2.84. The summed E-state index contributed by atoms with van der Waals surface area (Å²) in [5.74, 6) is 2.05. The standard InChI is InChI=1S/C18H21N5O/c1-2-16-10-17(22-13-21-16)23-7-4-14(5-8-23)12-24-18-9-15(11-19)3-6-20-18/h3,6,9-10,13-14H,2,4-5,7-8,12H2,1H3. The Balaban J connectivity index is 1.50. The maximum Gasteiger partial charge on any atom is 0.214 e. The van der Waals surface area contributed by atoms with Gasteiger partial charge in [-0.05, 0) is 31.2 Å². The molecule has 0 saturated carbocycles. The lowest BCUT2D eigenvalue weighted by Gasteiger charge is -2.32. The molecule has 24 heavy (non-hydrogen) atoms. The molecule has 124 valence electrons. The third-order valence-corrected chi connectivity index (χ3v) is 4.34. The van der Waals surface area contributed by atoms with Gasteiger partial charge in [-0.2, -0.15) is 5.26 Å². The molecular formula is C18H21N5O. The summed E-state index contributed by atoms with van der Waals surface area (Å²) in [7, 11) is 0. The minimum absolute atomic E-state index is 0.501. The molecule has 1 fully saturated rings. The van der Waals surface area contributed by atoms with Crippen molar-refractivity contribution in [3.8, 4) is 11.9 Å². The molecule has 0 N–H and O–H groups in total. The summed E-state index contributed by atoms with van der Waals surface area (Å²) in [6.45, 7) is 4.68. The van der Waals surface area contributed by atoms with Crippen molar-refractivity contribution in [3.05, 3.63) is 42.0 Å². The van der Waals surface area contributed by atoms with Gasteiger partial charge in [0.15, 0.2) is 0 Å². The first-order chi connectivity index (χ1) is 11.8. The molecule has 0 bridgehead atoms. The SMILES string of the molecule is CCc1cc(N2CCC(COc3cc(C#N)ccn3)CC2)ncn1. The first-order valence-corrected chi connectivity index (χ1v) is 8.33. The van der Waals surface area contributed by atoms with Gasteiger partial charge in [-0.25, -0.2) is 15.0 Å². The van der Waals surface area contributed by atoms with Gasteiger partial charge in [0.1, 0.15) is 12.1 Å². The Morgan fingerprint density at radius 1 is 1.25 bits per heavy atom. The number of nitriles is 1. The monoisotopic (exact) mass is 323 g/mol. The van der Waals surface area contributed by atoms with Crippen LogP contribution in [0, 0.1) is 17.2 Å². The molecule has 3 heterocycles. The number of rotatable bonds is 5. The van der Waals surface area contributed by atoms with Crippen molar-refractivity contribution >= 4 is 5.82 Å². The Morgan fingerprint density at radius 3 is 2.83 bits per heavy atom.